The van der Waals surface area contributed by atoms with E-state index in [4.69, 9.17) is 0 Å². The van der Waals surface area contributed by atoms with Gasteiger partial charge in [0.15, 0.2) is 5.82 Å². The minimum absolute atomic E-state index is 0.119. The minimum atomic E-state index is -3.59. The zero-order valence-electron chi connectivity index (χ0n) is 14.2. The van der Waals surface area contributed by atoms with Crippen LogP contribution in [-0.4, -0.2) is 29.6 Å². The van der Waals surface area contributed by atoms with Crippen LogP contribution in [0.3, 0.4) is 0 Å². The van der Waals surface area contributed by atoms with E-state index in [0.29, 0.717) is 23.4 Å². The molecule has 2 aromatic carbocycles. The molecule has 0 aliphatic rings. The number of para-hydroxylation sites is 1. The molecule has 27 heavy (non-hydrogen) atoms. The maximum absolute atomic E-state index is 12.4. The first-order chi connectivity index (χ1) is 13.1. The monoisotopic (exact) mass is 399 g/mol. The van der Waals surface area contributed by atoms with Gasteiger partial charge in [0.2, 0.25) is 10.0 Å². The molecule has 138 valence electrons. The number of fused-ring (bicyclic) bond motifs is 1. The Morgan fingerprint density at radius 1 is 1.04 bits per heavy atom. The number of nitrogens with zero attached hydrogens (tertiary/aromatic N) is 2. The summed E-state index contributed by atoms with van der Waals surface area (Å²) >= 11 is 1.54. The standard InChI is InChI=1S/C19H17N3O3S2/c23-16-9-4-8-15-18(16)22(19(21-15)17-10-5-13-26-17)12-11-20-27(24,25)14-6-2-1-3-7-14/h1-10,13,20,23H,11-12H2. The van der Waals surface area contributed by atoms with Gasteiger partial charge in [-0.05, 0) is 35.7 Å². The summed E-state index contributed by atoms with van der Waals surface area (Å²) in [6.07, 6.45) is 0. The molecule has 0 aliphatic heterocycles. The van der Waals surface area contributed by atoms with Gasteiger partial charge >= 0.3 is 0 Å². The Kier molecular flexibility index (Phi) is 4.69. The average Bonchev–Trinajstić information content (AvgIpc) is 3.31. The van der Waals surface area contributed by atoms with Crippen molar-refractivity contribution in [2.75, 3.05) is 6.54 Å². The minimum Gasteiger partial charge on any atom is -0.506 e. The molecule has 0 spiro atoms. The van der Waals surface area contributed by atoms with Gasteiger partial charge in [0.25, 0.3) is 0 Å². The second kappa shape index (κ2) is 7.15. The Labute approximate surface area is 160 Å². The van der Waals surface area contributed by atoms with Gasteiger partial charge in [-0.2, -0.15) is 0 Å². The molecule has 0 atom stereocenters. The predicted molar refractivity (Wildman–Crippen MR) is 106 cm³/mol. The van der Waals surface area contributed by atoms with Crippen molar-refractivity contribution in [2.45, 2.75) is 11.4 Å². The van der Waals surface area contributed by atoms with Crippen LogP contribution in [0.1, 0.15) is 0 Å². The summed E-state index contributed by atoms with van der Waals surface area (Å²) in [6.45, 7) is 0.517. The van der Waals surface area contributed by atoms with Gasteiger partial charge in [0, 0.05) is 13.1 Å². The number of imidazole rings is 1. The zero-order chi connectivity index (χ0) is 18.9. The number of aromatic hydroxyl groups is 1. The van der Waals surface area contributed by atoms with Gasteiger partial charge in [0.05, 0.1) is 15.3 Å². The van der Waals surface area contributed by atoms with Crippen LogP contribution in [0.5, 0.6) is 5.75 Å². The second-order valence-corrected chi connectivity index (χ2v) is 8.63. The fraction of sp³-hybridized carbons (Fsp3) is 0.105. The van der Waals surface area contributed by atoms with Gasteiger partial charge in [-0.15, -0.1) is 11.3 Å². The van der Waals surface area contributed by atoms with Crippen LogP contribution in [0.15, 0.2) is 70.9 Å². The largest absolute Gasteiger partial charge is 0.506 e. The summed E-state index contributed by atoms with van der Waals surface area (Å²) in [6, 6.07) is 17.3. The molecule has 2 heterocycles. The molecule has 0 saturated carbocycles. The first-order valence-corrected chi connectivity index (χ1v) is 10.7. The Morgan fingerprint density at radius 2 is 1.85 bits per heavy atom. The number of aromatic nitrogens is 2. The van der Waals surface area contributed by atoms with Gasteiger partial charge in [0.1, 0.15) is 11.3 Å². The van der Waals surface area contributed by atoms with Crippen molar-refractivity contribution in [3.63, 3.8) is 0 Å². The molecule has 4 aromatic rings. The second-order valence-electron chi connectivity index (χ2n) is 5.92. The quantitative estimate of drug-likeness (QED) is 0.520. The number of benzene rings is 2. The first-order valence-electron chi connectivity index (χ1n) is 8.33. The molecule has 8 heteroatoms. The molecule has 0 saturated heterocycles. The van der Waals surface area contributed by atoms with E-state index in [9.17, 15) is 13.5 Å². The molecule has 0 amide bonds. The van der Waals surface area contributed by atoms with Crippen LogP contribution >= 0.6 is 11.3 Å². The third kappa shape index (κ3) is 3.46. The Bertz CT molecular complexity index is 1170. The maximum Gasteiger partial charge on any atom is 0.240 e. The summed E-state index contributed by atoms with van der Waals surface area (Å²) in [5, 5.41) is 12.3. The highest BCUT2D eigenvalue weighted by molar-refractivity contribution is 7.89. The number of hydrogen-bond acceptors (Lipinski definition) is 5. The molecule has 2 N–H and O–H groups in total. The smallest absolute Gasteiger partial charge is 0.240 e. The summed E-state index contributed by atoms with van der Waals surface area (Å²) in [5.41, 5.74) is 1.27. The highest BCUT2D eigenvalue weighted by atomic mass is 32.2. The van der Waals surface area contributed by atoms with Crippen molar-refractivity contribution in [3.8, 4) is 16.5 Å². The molecule has 4 rings (SSSR count). The molecule has 6 nitrogen and oxygen atoms in total. The molecule has 0 bridgehead atoms. The lowest BCUT2D eigenvalue weighted by Crippen LogP contribution is -2.27. The molecule has 2 aromatic heterocycles. The van der Waals surface area contributed by atoms with E-state index in [1.54, 1.807) is 53.8 Å². The number of phenolic OH excluding ortho intramolecular Hbond substituents is 1. The third-order valence-electron chi connectivity index (χ3n) is 4.17. The van der Waals surface area contributed by atoms with Crippen molar-refractivity contribution in [3.05, 3.63) is 66.0 Å². The van der Waals surface area contributed by atoms with Crippen molar-refractivity contribution in [1.82, 2.24) is 14.3 Å². The van der Waals surface area contributed by atoms with Crippen molar-refractivity contribution in [2.24, 2.45) is 0 Å². The van der Waals surface area contributed by atoms with Crippen LogP contribution < -0.4 is 4.72 Å². The molecule has 0 radical (unpaired) electrons. The van der Waals surface area contributed by atoms with E-state index in [1.165, 1.54) is 0 Å². The van der Waals surface area contributed by atoms with E-state index in [1.807, 2.05) is 28.1 Å². The van der Waals surface area contributed by atoms with Crippen LogP contribution in [0.25, 0.3) is 21.7 Å². The lowest BCUT2D eigenvalue weighted by molar-refractivity contribution is 0.477. The number of rotatable bonds is 6. The number of nitrogens with one attached hydrogen (secondary N) is 1. The van der Waals surface area contributed by atoms with Crippen LogP contribution in [0.4, 0.5) is 0 Å². The lowest BCUT2D eigenvalue weighted by Gasteiger charge is -2.11. The molecular weight excluding hydrogens is 382 g/mol. The van der Waals surface area contributed by atoms with Crippen LogP contribution in [0, 0.1) is 0 Å². The number of hydrogen-bond donors (Lipinski definition) is 2. The Morgan fingerprint density at radius 3 is 2.59 bits per heavy atom. The number of thiophene rings is 1. The van der Waals surface area contributed by atoms with Gasteiger partial charge in [-0.3, -0.25) is 0 Å². The highest BCUT2D eigenvalue weighted by Crippen LogP contribution is 2.32. The molecule has 0 unspecified atom stereocenters. The molecular formula is C19H17N3O3S2. The first kappa shape index (κ1) is 17.7. The average molecular weight is 399 g/mol. The van der Waals surface area contributed by atoms with E-state index in [2.05, 4.69) is 9.71 Å². The number of sulfonamides is 1. The fourth-order valence-electron chi connectivity index (χ4n) is 2.95. The lowest BCUT2D eigenvalue weighted by atomic mass is 10.3. The molecule has 0 fully saturated rings. The van der Waals surface area contributed by atoms with Crippen molar-refractivity contribution < 1.29 is 13.5 Å². The Balaban J connectivity index is 1.65. The predicted octanol–water partition coefficient (Wildman–Crippen LogP) is 3.45. The maximum atomic E-state index is 12.4. The van der Waals surface area contributed by atoms with E-state index < -0.39 is 10.0 Å². The van der Waals surface area contributed by atoms with E-state index >= 15 is 0 Å². The van der Waals surface area contributed by atoms with Gasteiger partial charge in [-0.1, -0.05) is 30.3 Å². The van der Waals surface area contributed by atoms with Gasteiger partial charge < -0.3 is 9.67 Å². The highest BCUT2D eigenvalue weighted by Gasteiger charge is 2.17. The Hall–Kier alpha value is -2.68. The third-order valence-corrected chi connectivity index (χ3v) is 6.51. The van der Waals surface area contributed by atoms with Crippen LogP contribution in [-0.2, 0) is 16.6 Å². The zero-order valence-corrected chi connectivity index (χ0v) is 15.9. The summed E-state index contributed by atoms with van der Waals surface area (Å²) in [5.74, 6) is 0.828. The van der Waals surface area contributed by atoms with Crippen molar-refractivity contribution >= 4 is 32.4 Å². The molecule has 0 aliphatic carbocycles. The summed E-state index contributed by atoms with van der Waals surface area (Å²) < 4.78 is 29.3. The van der Waals surface area contributed by atoms with Crippen molar-refractivity contribution in [1.29, 1.82) is 0 Å². The van der Waals surface area contributed by atoms with E-state index in [-0.39, 0.29) is 17.2 Å². The summed E-state index contributed by atoms with van der Waals surface area (Å²) in [7, 11) is -3.59. The van der Waals surface area contributed by atoms with E-state index in [0.717, 1.165) is 4.88 Å². The topological polar surface area (TPSA) is 84.2 Å². The van der Waals surface area contributed by atoms with Gasteiger partial charge in [-0.25, -0.2) is 18.1 Å². The fourth-order valence-corrected chi connectivity index (χ4v) is 4.72. The normalized spacial score (nSPS) is 11.9. The summed E-state index contributed by atoms with van der Waals surface area (Å²) in [4.78, 5) is 5.80. The number of phenols is 1. The van der Waals surface area contributed by atoms with Crippen LogP contribution in [0.2, 0.25) is 0 Å². The SMILES string of the molecule is O=S(=O)(NCCn1c(-c2cccs2)nc2cccc(O)c21)c1ccccc1.